The molecule has 0 radical (unpaired) electrons. The van der Waals surface area contributed by atoms with Crippen LogP contribution in [-0.4, -0.2) is 30.8 Å². The number of aryl methyl sites for hydroxylation is 1. The number of rotatable bonds is 5. The summed E-state index contributed by atoms with van der Waals surface area (Å²) < 4.78 is 30.5. The first-order valence-electron chi connectivity index (χ1n) is 9.22. The van der Waals surface area contributed by atoms with E-state index in [1.807, 2.05) is 6.07 Å². The quantitative estimate of drug-likeness (QED) is 0.601. The highest BCUT2D eigenvalue weighted by Gasteiger charge is 2.25. The second-order valence-corrected chi connectivity index (χ2v) is 7.48. The number of carbonyl (C=O) groups excluding carboxylic acids is 1. The van der Waals surface area contributed by atoms with Gasteiger partial charge in [-0.25, -0.2) is 4.39 Å². The van der Waals surface area contributed by atoms with Gasteiger partial charge in [0.2, 0.25) is 0 Å². The smallest absolute Gasteiger partial charge is 0.257 e. The minimum absolute atomic E-state index is 0.0276. The summed E-state index contributed by atoms with van der Waals surface area (Å²) in [6, 6.07) is 7.86. The van der Waals surface area contributed by atoms with E-state index in [1.165, 1.54) is 18.2 Å². The van der Waals surface area contributed by atoms with E-state index in [9.17, 15) is 9.18 Å². The Hall–Kier alpha value is -2.77. The topological polar surface area (TPSA) is 73.6 Å². The lowest BCUT2D eigenvalue weighted by molar-refractivity contribution is 0.0953. The number of hydrogen-bond donors (Lipinski definition) is 1. The first-order chi connectivity index (χ1) is 14.5. The van der Waals surface area contributed by atoms with Gasteiger partial charge in [0, 0.05) is 6.54 Å². The minimum Gasteiger partial charge on any atom is -0.486 e. The maximum Gasteiger partial charge on any atom is 0.257 e. The van der Waals surface area contributed by atoms with Crippen molar-refractivity contribution in [3.63, 3.8) is 0 Å². The number of amides is 1. The molecule has 2 aromatic carbocycles. The second-order valence-electron chi connectivity index (χ2n) is 6.67. The molecule has 0 saturated heterocycles. The molecule has 9 heteroatoms. The molecule has 0 fully saturated rings. The van der Waals surface area contributed by atoms with E-state index >= 15 is 0 Å². The molecular formula is C21H17Cl2FN2O4. The van der Waals surface area contributed by atoms with Gasteiger partial charge in [0.15, 0.2) is 11.5 Å². The van der Waals surface area contributed by atoms with E-state index in [4.69, 9.17) is 37.2 Å². The van der Waals surface area contributed by atoms with Crippen molar-refractivity contribution in [1.29, 1.82) is 0 Å². The maximum atomic E-state index is 14.3. The Bertz CT molecular complexity index is 1100. The van der Waals surface area contributed by atoms with Crippen LogP contribution in [0.5, 0.6) is 11.5 Å². The van der Waals surface area contributed by atoms with E-state index in [1.54, 1.807) is 13.0 Å². The van der Waals surface area contributed by atoms with Crippen LogP contribution in [0.4, 0.5) is 4.39 Å². The lowest BCUT2D eigenvalue weighted by atomic mass is 10.0. The Balaban J connectivity index is 1.50. The average molecular weight is 451 g/mol. The molecule has 6 nitrogen and oxygen atoms in total. The number of aromatic nitrogens is 1. The number of hydrogen-bond acceptors (Lipinski definition) is 5. The maximum absolute atomic E-state index is 14.3. The number of fused-ring (bicyclic) bond motifs is 1. The van der Waals surface area contributed by atoms with Gasteiger partial charge in [-0.2, -0.15) is 0 Å². The Kier molecular flexibility index (Phi) is 5.83. The molecule has 1 N–H and O–H groups in total. The van der Waals surface area contributed by atoms with Crippen LogP contribution in [0.25, 0.3) is 11.3 Å². The molecule has 30 heavy (non-hydrogen) atoms. The Morgan fingerprint density at radius 3 is 2.80 bits per heavy atom. The molecule has 3 aromatic rings. The van der Waals surface area contributed by atoms with Crippen molar-refractivity contribution in [2.45, 2.75) is 13.3 Å². The van der Waals surface area contributed by atoms with Gasteiger partial charge in [-0.3, -0.25) is 4.79 Å². The zero-order valence-electron chi connectivity index (χ0n) is 15.9. The second kappa shape index (κ2) is 8.53. The van der Waals surface area contributed by atoms with Crippen LogP contribution in [0.3, 0.4) is 0 Å². The Morgan fingerprint density at radius 1 is 1.20 bits per heavy atom. The molecule has 1 aliphatic rings. The number of nitrogens with one attached hydrogen (secondary N) is 1. The number of benzene rings is 2. The third-order valence-electron chi connectivity index (χ3n) is 4.65. The summed E-state index contributed by atoms with van der Waals surface area (Å²) in [5.74, 6) is 0.357. The minimum atomic E-state index is -0.587. The Labute approximate surface area is 181 Å². The van der Waals surface area contributed by atoms with Gasteiger partial charge in [0.1, 0.15) is 36.0 Å². The number of ether oxygens (including phenoxy) is 2. The highest BCUT2D eigenvalue weighted by molar-refractivity contribution is 6.33. The lowest BCUT2D eigenvalue weighted by Gasteiger charge is -2.20. The summed E-state index contributed by atoms with van der Waals surface area (Å²) in [6.07, 6.45) is 0.502. The van der Waals surface area contributed by atoms with Gasteiger partial charge < -0.3 is 19.3 Å². The van der Waals surface area contributed by atoms with Crippen LogP contribution in [0, 0.1) is 12.7 Å². The zero-order valence-corrected chi connectivity index (χ0v) is 17.4. The van der Waals surface area contributed by atoms with Crippen LogP contribution >= 0.6 is 23.2 Å². The highest BCUT2D eigenvalue weighted by Crippen LogP contribution is 2.38. The summed E-state index contributed by atoms with van der Waals surface area (Å²) in [5, 5.41) is 7.25. The number of carbonyl (C=O) groups is 1. The molecule has 0 bridgehead atoms. The first-order valence-corrected chi connectivity index (χ1v) is 9.98. The average Bonchev–Trinajstić information content (AvgIpc) is 3.09. The van der Waals surface area contributed by atoms with E-state index < -0.39 is 11.7 Å². The largest absolute Gasteiger partial charge is 0.486 e. The molecule has 1 aromatic heterocycles. The van der Waals surface area contributed by atoms with Gasteiger partial charge in [0.25, 0.3) is 5.91 Å². The third kappa shape index (κ3) is 3.95. The number of halogens is 3. The van der Waals surface area contributed by atoms with Crippen molar-refractivity contribution in [1.82, 2.24) is 10.5 Å². The predicted molar refractivity (Wildman–Crippen MR) is 110 cm³/mol. The third-order valence-corrected chi connectivity index (χ3v) is 5.24. The summed E-state index contributed by atoms with van der Waals surface area (Å²) in [7, 11) is 0. The van der Waals surface area contributed by atoms with Gasteiger partial charge >= 0.3 is 0 Å². The van der Waals surface area contributed by atoms with Crippen LogP contribution < -0.4 is 14.8 Å². The van der Waals surface area contributed by atoms with E-state index in [0.29, 0.717) is 42.7 Å². The molecule has 0 unspecified atom stereocenters. The van der Waals surface area contributed by atoms with Crippen LogP contribution in [-0.2, 0) is 6.42 Å². The fourth-order valence-electron chi connectivity index (χ4n) is 3.25. The van der Waals surface area contributed by atoms with Crippen LogP contribution in [0.2, 0.25) is 10.0 Å². The van der Waals surface area contributed by atoms with E-state index in [-0.39, 0.29) is 27.6 Å². The monoisotopic (exact) mass is 450 g/mol. The molecule has 2 heterocycles. The van der Waals surface area contributed by atoms with Crippen LogP contribution in [0.1, 0.15) is 21.7 Å². The van der Waals surface area contributed by atoms with Gasteiger partial charge in [-0.1, -0.05) is 34.4 Å². The van der Waals surface area contributed by atoms with Crippen molar-refractivity contribution < 1.29 is 23.2 Å². The van der Waals surface area contributed by atoms with Crippen molar-refractivity contribution >= 4 is 29.1 Å². The zero-order chi connectivity index (χ0) is 21.3. The number of nitrogens with zero attached hydrogens (tertiary/aromatic N) is 1. The van der Waals surface area contributed by atoms with Gasteiger partial charge in [-0.15, -0.1) is 0 Å². The molecule has 156 valence electrons. The Morgan fingerprint density at radius 2 is 2.00 bits per heavy atom. The predicted octanol–water partition coefficient (Wildman–Crippen LogP) is 4.84. The summed E-state index contributed by atoms with van der Waals surface area (Å²) in [6.45, 7) is 2.80. The van der Waals surface area contributed by atoms with Crippen molar-refractivity contribution in [3.05, 3.63) is 63.1 Å². The van der Waals surface area contributed by atoms with E-state index in [0.717, 1.165) is 5.56 Å². The molecule has 0 spiro atoms. The molecule has 1 amide bonds. The van der Waals surface area contributed by atoms with Gasteiger partial charge in [0.05, 0.1) is 15.6 Å². The molecule has 1 aliphatic heterocycles. The molecule has 4 rings (SSSR count). The first kappa shape index (κ1) is 20.5. The SMILES string of the molecule is Cc1onc(-c2c(F)cccc2Cl)c1C(=O)NCCc1cc(Cl)c2c(c1)OCCO2. The van der Waals surface area contributed by atoms with Gasteiger partial charge in [-0.05, 0) is 43.2 Å². The fourth-order valence-corrected chi connectivity index (χ4v) is 3.79. The van der Waals surface area contributed by atoms with Crippen LogP contribution in [0.15, 0.2) is 34.9 Å². The summed E-state index contributed by atoms with van der Waals surface area (Å²) in [5.41, 5.74) is 1.11. The van der Waals surface area contributed by atoms with Crippen molar-refractivity contribution in [3.8, 4) is 22.8 Å². The molecular weight excluding hydrogens is 434 g/mol. The van der Waals surface area contributed by atoms with E-state index in [2.05, 4.69) is 10.5 Å². The van der Waals surface area contributed by atoms with Crippen molar-refractivity contribution in [2.75, 3.05) is 19.8 Å². The standard InChI is InChI=1S/C21H17Cl2FN2O4/c1-11-17(19(26-30-11)18-13(22)3-2-4-15(18)24)21(27)25-6-5-12-9-14(23)20-16(10-12)28-7-8-29-20/h2-4,9-10H,5-8H2,1H3,(H,25,27). The van der Waals surface area contributed by atoms with Crippen molar-refractivity contribution in [2.24, 2.45) is 0 Å². The molecule has 0 aliphatic carbocycles. The molecule has 0 atom stereocenters. The normalized spacial score (nSPS) is 12.7. The highest BCUT2D eigenvalue weighted by atomic mass is 35.5. The lowest BCUT2D eigenvalue weighted by Crippen LogP contribution is -2.26. The fraction of sp³-hybridized carbons (Fsp3) is 0.238. The molecule has 0 saturated carbocycles. The summed E-state index contributed by atoms with van der Waals surface area (Å²) >= 11 is 12.4. The summed E-state index contributed by atoms with van der Waals surface area (Å²) in [4.78, 5) is 12.8.